The van der Waals surface area contributed by atoms with E-state index in [1.807, 2.05) is 0 Å². The number of carboxylic acids is 1. The van der Waals surface area contributed by atoms with Crippen LogP contribution in [0, 0.1) is 12.3 Å². The van der Waals surface area contributed by atoms with Crippen molar-refractivity contribution in [3.05, 3.63) is 0 Å². The number of ether oxygens (including phenoxy) is 1. The molecule has 0 aromatic carbocycles. The van der Waals surface area contributed by atoms with Gasteiger partial charge in [-0.3, -0.25) is 5.32 Å². The minimum absolute atomic E-state index is 0.0271. The summed E-state index contributed by atoms with van der Waals surface area (Å²) in [5.41, 5.74) is -1.23. The lowest BCUT2D eigenvalue weighted by Gasteiger charge is -2.23. The van der Waals surface area contributed by atoms with Crippen LogP contribution in [0.5, 0.6) is 0 Å². The highest BCUT2D eigenvalue weighted by Gasteiger charge is 2.42. The molecule has 0 aromatic heterocycles. The molecule has 1 aliphatic heterocycles. The zero-order valence-corrected chi connectivity index (χ0v) is 6.67. The Balaban J connectivity index is 2.60. The van der Waals surface area contributed by atoms with E-state index in [9.17, 15) is 4.79 Å². The van der Waals surface area contributed by atoms with Crippen molar-refractivity contribution in [2.75, 3.05) is 13.2 Å². The molecule has 1 saturated heterocycles. The van der Waals surface area contributed by atoms with Crippen molar-refractivity contribution in [1.82, 2.24) is 5.32 Å². The van der Waals surface area contributed by atoms with Gasteiger partial charge in [0.15, 0.2) is 0 Å². The van der Waals surface area contributed by atoms with Crippen LogP contribution < -0.4 is 5.32 Å². The van der Waals surface area contributed by atoms with Gasteiger partial charge in [-0.05, 0) is 13.0 Å². The van der Waals surface area contributed by atoms with Gasteiger partial charge in [-0.2, -0.15) is 0 Å². The first-order valence-electron chi connectivity index (χ1n) is 3.77. The topological polar surface area (TPSA) is 58.6 Å². The van der Waals surface area contributed by atoms with Crippen molar-refractivity contribution >= 4 is 5.97 Å². The molecule has 0 aromatic rings. The van der Waals surface area contributed by atoms with Gasteiger partial charge in [0.05, 0.1) is 0 Å². The highest BCUT2D eigenvalue weighted by molar-refractivity contribution is 5.77. The lowest BCUT2D eigenvalue weighted by atomic mass is 10.2. The van der Waals surface area contributed by atoms with E-state index in [-0.39, 0.29) is 6.61 Å². The number of hydrogen-bond acceptors (Lipinski definition) is 3. The number of nitrogens with one attached hydrogen (secondary N) is 1. The Morgan fingerprint density at radius 1 is 1.83 bits per heavy atom. The molecule has 0 spiro atoms. The number of rotatable bonds is 3. The summed E-state index contributed by atoms with van der Waals surface area (Å²) in [6.45, 7) is 0.691. The first-order chi connectivity index (χ1) is 5.71. The van der Waals surface area contributed by atoms with Crippen LogP contribution in [0.3, 0.4) is 0 Å². The maximum absolute atomic E-state index is 10.8. The average molecular weight is 169 g/mol. The van der Waals surface area contributed by atoms with Gasteiger partial charge >= 0.3 is 5.97 Å². The smallest absolute Gasteiger partial charge is 0.351 e. The average Bonchev–Trinajstić information content (AvgIpc) is 2.50. The van der Waals surface area contributed by atoms with E-state index >= 15 is 0 Å². The molecule has 1 rings (SSSR count). The van der Waals surface area contributed by atoms with Crippen molar-refractivity contribution in [3.63, 3.8) is 0 Å². The number of aliphatic carboxylic acids is 1. The van der Waals surface area contributed by atoms with Gasteiger partial charge in [0.1, 0.15) is 6.61 Å². The fourth-order valence-corrected chi connectivity index (χ4v) is 1.25. The second-order valence-corrected chi connectivity index (χ2v) is 2.66. The highest BCUT2D eigenvalue weighted by atomic mass is 16.5. The standard InChI is InChI=1S/C8H11NO3/c1-2-6-12-8(7(10)11)4-3-5-9-8/h1,9H,3-6H2,(H,10,11)/t8-/m1/s1. The van der Waals surface area contributed by atoms with Crippen LogP contribution in [-0.2, 0) is 9.53 Å². The molecule has 1 fully saturated rings. The molecule has 4 heteroatoms. The number of hydrogen-bond donors (Lipinski definition) is 2. The molecule has 0 aliphatic carbocycles. The van der Waals surface area contributed by atoms with Gasteiger partial charge < -0.3 is 9.84 Å². The van der Waals surface area contributed by atoms with Crippen molar-refractivity contribution < 1.29 is 14.6 Å². The zero-order chi connectivity index (χ0) is 9.03. The summed E-state index contributed by atoms with van der Waals surface area (Å²) in [5, 5.41) is 11.6. The molecule has 1 atom stereocenters. The summed E-state index contributed by atoms with van der Waals surface area (Å²) in [7, 11) is 0. The third kappa shape index (κ3) is 1.58. The van der Waals surface area contributed by atoms with Crippen LogP contribution in [0.2, 0.25) is 0 Å². The lowest BCUT2D eigenvalue weighted by Crippen LogP contribution is -2.50. The van der Waals surface area contributed by atoms with Gasteiger partial charge in [0.2, 0.25) is 5.72 Å². The Bertz CT molecular complexity index is 213. The molecule has 1 heterocycles. The molecular formula is C8H11NO3. The van der Waals surface area contributed by atoms with E-state index in [2.05, 4.69) is 11.2 Å². The second kappa shape index (κ2) is 3.57. The molecule has 0 bridgehead atoms. The largest absolute Gasteiger partial charge is 0.478 e. The molecule has 12 heavy (non-hydrogen) atoms. The first kappa shape index (κ1) is 9.04. The Labute approximate surface area is 70.9 Å². The van der Waals surface area contributed by atoms with Gasteiger partial charge in [-0.25, -0.2) is 4.79 Å². The number of carbonyl (C=O) groups is 1. The second-order valence-electron chi connectivity index (χ2n) is 2.66. The zero-order valence-electron chi connectivity index (χ0n) is 6.67. The van der Waals surface area contributed by atoms with E-state index in [4.69, 9.17) is 16.3 Å². The third-order valence-electron chi connectivity index (χ3n) is 1.86. The SMILES string of the molecule is C#CCO[C@@]1(C(=O)O)CCCN1. The van der Waals surface area contributed by atoms with E-state index in [1.165, 1.54) is 0 Å². The van der Waals surface area contributed by atoms with Crippen molar-refractivity contribution in [1.29, 1.82) is 0 Å². The normalized spacial score (nSPS) is 28.2. The summed E-state index contributed by atoms with van der Waals surface area (Å²) in [5.74, 6) is 1.26. The predicted octanol–water partition coefficient (Wildman–Crippen LogP) is -0.199. The third-order valence-corrected chi connectivity index (χ3v) is 1.86. The summed E-state index contributed by atoms with van der Waals surface area (Å²) >= 11 is 0. The van der Waals surface area contributed by atoms with Gasteiger partial charge in [-0.15, -0.1) is 6.42 Å². The summed E-state index contributed by atoms with van der Waals surface area (Å²) < 4.78 is 5.05. The molecule has 4 nitrogen and oxygen atoms in total. The Morgan fingerprint density at radius 2 is 2.58 bits per heavy atom. The van der Waals surface area contributed by atoms with Gasteiger partial charge in [0.25, 0.3) is 0 Å². The maximum Gasteiger partial charge on any atom is 0.351 e. The van der Waals surface area contributed by atoms with Gasteiger partial charge in [-0.1, -0.05) is 5.92 Å². The van der Waals surface area contributed by atoms with E-state index < -0.39 is 11.7 Å². The summed E-state index contributed by atoms with van der Waals surface area (Å²) in [4.78, 5) is 10.8. The van der Waals surface area contributed by atoms with Crippen LogP contribution >= 0.6 is 0 Å². The van der Waals surface area contributed by atoms with Gasteiger partial charge in [0, 0.05) is 6.42 Å². The molecule has 2 N–H and O–H groups in total. The quantitative estimate of drug-likeness (QED) is 0.574. The molecule has 0 saturated carbocycles. The van der Waals surface area contributed by atoms with Crippen LogP contribution in [0.25, 0.3) is 0 Å². The van der Waals surface area contributed by atoms with Crippen LogP contribution in [0.4, 0.5) is 0 Å². The van der Waals surface area contributed by atoms with Crippen molar-refractivity contribution in [3.8, 4) is 12.3 Å². The first-order valence-corrected chi connectivity index (χ1v) is 3.77. The summed E-state index contributed by atoms with van der Waals surface area (Å²) in [6, 6.07) is 0. The minimum atomic E-state index is -1.23. The van der Waals surface area contributed by atoms with Crippen LogP contribution in [0.15, 0.2) is 0 Å². The Hall–Kier alpha value is -1.05. The van der Waals surface area contributed by atoms with E-state index in [0.29, 0.717) is 13.0 Å². The van der Waals surface area contributed by atoms with Crippen molar-refractivity contribution in [2.45, 2.75) is 18.6 Å². The minimum Gasteiger partial charge on any atom is -0.478 e. The van der Waals surface area contributed by atoms with Crippen LogP contribution in [-0.4, -0.2) is 30.0 Å². The predicted molar refractivity (Wildman–Crippen MR) is 42.4 cm³/mol. The fourth-order valence-electron chi connectivity index (χ4n) is 1.25. The summed E-state index contributed by atoms with van der Waals surface area (Å²) in [6.07, 6.45) is 6.25. The Kier molecular flexibility index (Phi) is 2.69. The molecule has 0 radical (unpaired) electrons. The number of terminal acetylenes is 1. The highest BCUT2D eigenvalue weighted by Crippen LogP contribution is 2.20. The maximum atomic E-state index is 10.8. The fraction of sp³-hybridized carbons (Fsp3) is 0.625. The van der Waals surface area contributed by atoms with E-state index in [0.717, 1.165) is 6.42 Å². The molecule has 0 unspecified atom stereocenters. The molecule has 1 aliphatic rings. The van der Waals surface area contributed by atoms with Crippen molar-refractivity contribution in [2.24, 2.45) is 0 Å². The Morgan fingerprint density at radius 3 is 3.00 bits per heavy atom. The lowest BCUT2D eigenvalue weighted by molar-refractivity contribution is -0.166. The molecule has 0 amide bonds. The molecule has 66 valence electrons. The van der Waals surface area contributed by atoms with E-state index in [1.54, 1.807) is 0 Å². The number of carboxylic acid groups (broad SMARTS) is 1. The van der Waals surface area contributed by atoms with Crippen LogP contribution in [0.1, 0.15) is 12.8 Å². The molecular weight excluding hydrogens is 158 g/mol. The monoisotopic (exact) mass is 169 g/mol.